The lowest BCUT2D eigenvalue weighted by atomic mass is 9.82. The standard InChI is InChI=1S/C36H40N2O5S.ClH/c1-22-23(2)33-31(24(3)32(22)42-20-26-10-7-6-8-11-26)29(36(4,5)43-33)19-38-17-9-12-27(38)21-41-28-15-13-25(14-16-28)18-30-34(39)37-35(40)44-30;/h6-8,10-11,13-16,18,27,29H,9,12,17,19-21H2,1-5H3,(H,37,39,40);1H/t27-,29?;/m0./s1. The van der Waals surface area contributed by atoms with Gasteiger partial charge in [-0.15, -0.1) is 12.4 Å². The van der Waals surface area contributed by atoms with Gasteiger partial charge in [-0.05, 0) is 112 Å². The number of benzene rings is 3. The second-order valence-corrected chi connectivity index (χ2v) is 13.5. The molecule has 3 heterocycles. The van der Waals surface area contributed by atoms with Crippen LogP contribution in [0.5, 0.6) is 17.2 Å². The Balaban J connectivity index is 0.00000400. The van der Waals surface area contributed by atoms with E-state index in [2.05, 4.69) is 57.0 Å². The van der Waals surface area contributed by atoms with Gasteiger partial charge in [-0.1, -0.05) is 42.5 Å². The molecule has 0 aliphatic carbocycles. The highest BCUT2D eigenvalue weighted by Gasteiger charge is 2.46. The molecular formula is C36H41ClN2O5S. The van der Waals surface area contributed by atoms with Crippen LogP contribution in [-0.2, 0) is 11.4 Å². The summed E-state index contributed by atoms with van der Waals surface area (Å²) < 4.78 is 19.5. The van der Waals surface area contributed by atoms with Crippen LogP contribution >= 0.6 is 24.2 Å². The monoisotopic (exact) mass is 648 g/mol. The van der Waals surface area contributed by atoms with E-state index < -0.39 is 0 Å². The van der Waals surface area contributed by atoms with Crippen LogP contribution in [0.4, 0.5) is 4.79 Å². The number of ether oxygens (including phenoxy) is 3. The molecule has 45 heavy (non-hydrogen) atoms. The van der Waals surface area contributed by atoms with E-state index in [9.17, 15) is 9.59 Å². The highest BCUT2D eigenvalue weighted by molar-refractivity contribution is 8.18. The molecule has 0 spiro atoms. The van der Waals surface area contributed by atoms with Crippen molar-refractivity contribution in [3.05, 3.63) is 92.9 Å². The summed E-state index contributed by atoms with van der Waals surface area (Å²) in [6, 6.07) is 18.3. The Bertz CT molecular complexity index is 1610. The van der Waals surface area contributed by atoms with Gasteiger partial charge in [-0.2, -0.15) is 0 Å². The highest BCUT2D eigenvalue weighted by atomic mass is 35.5. The second kappa shape index (κ2) is 13.5. The van der Waals surface area contributed by atoms with E-state index in [0.717, 1.165) is 77.2 Å². The largest absolute Gasteiger partial charge is 0.492 e. The maximum Gasteiger partial charge on any atom is 0.290 e. The van der Waals surface area contributed by atoms with Crippen molar-refractivity contribution in [3.8, 4) is 17.2 Å². The molecular weight excluding hydrogens is 608 g/mol. The number of imide groups is 1. The number of carbonyl (C=O) groups excluding carboxylic acids is 2. The number of carbonyl (C=O) groups is 2. The smallest absolute Gasteiger partial charge is 0.290 e. The zero-order chi connectivity index (χ0) is 31.0. The Kier molecular flexibility index (Phi) is 9.87. The molecule has 1 unspecified atom stereocenters. The summed E-state index contributed by atoms with van der Waals surface area (Å²) in [4.78, 5) is 26.3. The minimum Gasteiger partial charge on any atom is -0.492 e. The highest BCUT2D eigenvalue weighted by Crippen LogP contribution is 2.52. The van der Waals surface area contributed by atoms with E-state index in [-0.39, 0.29) is 35.1 Å². The zero-order valence-electron chi connectivity index (χ0n) is 26.5. The van der Waals surface area contributed by atoms with Crippen molar-refractivity contribution in [2.24, 2.45) is 0 Å². The van der Waals surface area contributed by atoms with Gasteiger partial charge in [-0.3, -0.25) is 19.8 Å². The number of nitrogens with zero attached hydrogens (tertiary/aromatic N) is 1. The molecule has 1 N–H and O–H groups in total. The van der Waals surface area contributed by atoms with E-state index in [1.807, 2.05) is 42.5 Å². The number of thioether (sulfide) groups is 1. The van der Waals surface area contributed by atoms with E-state index in [4.69, 9.17) is 14.2 Å². The number of likely N-dealkylation sites (tertiary alicyclic amines) is 1. The van der Waals surface area contributed by atoms with Crippen molar-refractivity contribution in [1.82, 2.24) is 10.2 Å². The van der Waals surface area contributed by atoms with E-state index in [1.165, 1.54) is 11.1 Å². The predicted molar refractivity (Wildman–Crippen MR) is 182 cm³/mol. The Labute approximate surface area is 276 Å². The quantitative estimate of drug-likeness (QED) is 0.238. The van der Waals surface area contributed by atoms with Crippen LogP contribution < -0.4 is 19.5 Å². The lowest BCUT2D eigenvalue weighted by Gasteiger charge is -2.33. The fourth-order valence-electron chi connectivity index (χ4n) is 6.59. The molecule has 3 aliphatic rings. The van der Waals surface area contributed by atoms with Crippen LogP contribution in [0.15, 0.2) is 59.5 Å². The third-order valence-corrected chi connectivity index (χ3v) is 10.0. The average molecular weight is 649 g/mol. The number of halogens is 1. The van der Waals surface area contributed by atoms with Crippen LogP contribution in [0.2, 0.25) is 0 Å². The van der Waals surface area contributed by atoms with Gasteiger partial charge < -0.3 is 14.2 Å². The second-order valence-electron chi connectivity index (χ2n) is 12.5. The van der Waals surface area contributed by atoms with Crippen molar-refractivity contribution in [2.75, 3.05) is 19.7 Å². The molecule has 0 radical (unpaired) electrons. The number of fused-ring (bicyclic) bond motifs is 1. The molecule has 238 valence electrons. The molecule has 3 aromatic carbocycles. The fraction of sp³-hybridized carbons (Fsp3) is 0.389. The van der Waals surface area contributed by atoms with Crippen LogP contribution in [0.1, 0.15) is 66.0 Å². The lowest BCUT2D eigenvalue weighted by molar-refractivity contribution is -0.115. The molecule has 2 amide bonds. The van der Waals surface area contributed by atoms with Crippen LogP contribution in [0.25, 0.3) is 6.08 Å². The van der Waals surface area contributed by atoms with Gasteiger partial charge in [0, 0.05) is 24.1 Å². The molecule has 7 nitrogen and oxygen atoms in total. The zero-order valence-corrected chi connectivity index (χ0v) is 28.1. The molecule has 2 atom stereocenters. The van der Waals surface area contributed by atoms with E-state index >= 15 is 0 Å². The fourth-order valence-corrected chi connectivity index (χ4v) is 7.27. The average Bonchev–Trinajstić information content (AvgIpc) is 3.66. The normalized spacial score (nSPS) is 21.3. The van der Waals surface area contributed by atoms with Gasteiger partial charge in [0.25, 0.3) is 11.1 Å². The topological polar surface area (TPSA) is 77.1 Å². The molecule has 9 heteroatoms. The molecule has 2 fully saturated rings. The van der Waals surface area contributed by atoms with E-state index in [1.54, 1.807) is 6.08 Å². The van der Waals surface area contributed by atoms with Gasteiger partial charge >= 0.3 is 0 Å². The molecule has 3 aliphatic heterocycles. The van der Waals surface area contributed by atoms with Crippen molar-refractivity contribution < 1.29 is 23.8 Å². The summed E-state index contributed by atoms with van der Waals surface area (Å²) in [5.74, 6) is 2.62. The molecule has 2 saturated heterocycles. The molecule has 0 bridgehead atoms. The van der Waals surface area contributed by atoms with Crippen molar-refractivity contribution in [1.29, 1.82) is 0 Å². The summed E-state index contributed by atoms with van der Waals surface area (Å²) in [6.45, 7) is 13.9. The predicted octanol–water partition coefficient (Wildman–Crippen LogP) is 7.73. The molecule has 0 saturated carbocycles. The van der Waals surface area contributed by atoms with Gasteiger partial charge in [0.15, 0.2) is 0 Å². The number of hydrogen-bond acceptors (Lipinski definition) is 7. The number of hydrogen-bond donors (Lipinski definition) is 1. The minimum absolute atomic E-state index is 0. The van der Waals surface area contributed by atoms with E-state index in [0.29, 0.717) is 24.2 Å². The number of nitrogens with one attached hydrogen (secondary N) is 1. The lowest BCUT2D eigenvalue weighted by Crippen LogP contribution is -2.42. The van der Waals surface area contributed by atoms with Crippen molar-refractivity contribution >= 4 is 41.4 Å². The summed E-state index contributed by atoms with van der Waals surface area (Å²) in [5, 5.41) is 1.95. The molecule has 0 aromatic heterocycles. The Morgan fingerprint density at radius 3 is 2.42 bits per heavy atom. The Morgan fingerprint density at radius 1 is 1.00 bits per heavy atom. The van der Waals surface area contributed by atoms with Crippen molar-refractivity contribution in [3.63, 3.8) is 0 Å². The van der Waals surface area contributed by atoms with Gasteiger partial charge in [0.1, 0.15) is 36.1 Å². The van der Waals surface area contributed by atoms with Gasteiger partial charge in [-0.25, -0.2) is 0 Å². The van der Waals surface area contributed by atoms with Gasteiger partial charge in [0.05, 0.1) is 4.91 Å². The van der Waals surface area contributed by atoms with Crippen LogP contribution in [-0.4, -0.2) is 47.4 Å². The summed E-state index contributed by atoms with van der Waals surface area (Å²) in [6.07, 6.45) is 3.94. The molecule has 3 aromatic rings. The Morgan fingerprint density at radius 2 is 1.73 bits per heavy atom. The summed E-state index contributed by atoms with van der Waals surface area (Å²) in [5.41, 5.74) is 6.40. The number of amides is 2. The number of rotatable bonds is 9. The first-order valence-electron chi connectivity index (χ1n) is 15.3. The maximum atomic E-state index is 11.9. The minimum atomic E-state index is -0.350. The Hall–Kier alpha value is -3.46. The summed E-state index contributed by atoms with van der Waals surface area (Å²) >= 11 is 0.922. The third-order valence-electron chi connectivity index (χ3n) is 9.19. The van der Waals surface area contributed by atoms with Crippen LogP contribution in [0, 0.1) is 20.8 Å². The first-order valence-corrected chi connectivity index (χ1v) is 16.1. The SMILES string of the molecule is Cc1c(C)c2c(c(C)c1OCc1ccccc1)C(CN1CCC[C@H]1COc1ccc(C=C3SC(=O)NC3=O)cc1)C(C)(C)O2.Cl. The van der Waals surface area contributed by atoms with Gasteiger partial charge in [0.2, 0.25) is 0 Å². The van der Waals surface area contributed by atoms with Crippen LogP contribution in [0.3, 0.4) is 0 Å². The summed E-state index contributed by atoms with van der Waals surface area (Å²) in [7, 11) is 0. The molecule has 6 rings (SSSR count). The first kappa shape index (κ1) is 32.9. The first-order chi connectivity index (χ1) is 21.1. The maximum absolute atomic E-state index is 11.9. The van der Waals surface area contributed by atoms with Crippen molar-refractivity contribution in [2.45, 2.75) is 71.6 Å². The third kappa shape index (κ3) is 6.88.